The maximum atomic E-state index is 12.2. The van der Waals surface area contributed by atoms with Crippen molar-refractivity contribution < 1.29 is 18.5 Å². The molecule has 30 heavy (non-hydrogen) atoms. The van der Waals surface area contributed by atoms with Gasteiger partial charge < -0.3 is 14.4 Å². The molecule has 1 aromatic heterocycles. The molecule has 1 atom stereocenters. The van der Waals surface area contributed by atoms with E-state index in [1.807, 2.05) is 27.7 Å². The summed E-state index contributed by atoms with van der Waals surface area (Å²) >= 11 is 3.36. The molecular formula is C20H33BrN4O4S. The second-order valence-corrected chi connectivity index (χ2v) is 11.3. The molecule has 3 rings (SSSR count). The van der Waals surface area contributed by atoms with Crippen molar-refractivity contribution in [1.82, 2.24) is 9.97 Å². The Balaban J connectivity index is 0.000000396. The molecule has 1 unspecified atom stereocenters. The van der Waals surface area contributed by atoms with Crippen LogP contribution >= 0.6 is 15.9 Å². The van der Waals surface area contributed by atoms with E-state index >= 15 is 0 Å². The first-order valence-electron chi connectivity index (χ1n) is 10.2. The summed E-state index contributed by atoms with van der Waals surface area (Å²) in [4.78, 5) is 23.4. The summed E-state index contributed by atoms with van der Waals surface area (Å²) in [7, 11) is -1.18. The van der Waals surface area contributed by atoms with Gasteiger partial charge in [-0.15, -0.1) is 0 Å². The monoisotopic (exact) mass is 504 g/mol. The van der Waals surface area contributed by atoms with Gasteiger partial charge in [-0.2, -0.15) is 0 Å². The molecule has 170 valence electrons. The van der Waals surface area contributed by atoms with Crippen molar-refractivity contribution in [3.05, 3.63) is 16.0 Å². The molecule has 1 spiro atoms. The lowest BCUT2D eigenvalue weighted by molar-refractivity contribution is 0.0519. The fraction of sp³-hybridized carbons (Fsp3) is 0.750. The highest BCUT2D eigenvalue weighted by Gasteiger charge is 2.39. The summed E-state index contributed by atoms with van der Waals surface area (Å²) in [5.41, 5.74) is 1.39. The fourth-order valence-corrected chi connectivity index (χ4v) is 3.55. The average Bonchev–Trinajstić information content (AvgIpc) is 3.12. The highest BCUT2D eigenvalue weighted by Crippen LogP contribution is 2.40. The van der Waals surface area contributed by atoms with Gasteiger partial charge in [-0.25, -0.2) is 19.0 Å². The van der Waals surface area contributed by atoms with Gasteiger partial charge in [0.25, 0.3) is 0 Å². The van der Waals surface area contributed by atoms with Gasteiger partial charge in [0.1, 0.15) is 4.60 Å². The first kappa shape index (κ1) is 25.2. The van der Waals surface area contributed by atoms with Gasteiger partial charge in [0.15, 0.2) is 11.5 Å². The molecule has 8 nitrogen and oxygen atoms in total. The molecule has 2 saturated heterocycles. The van der Waals surface area contributed by atoms with Gasteiger partial charge in [-0.1, -0.05) is 0 Å². The Bertz CT molecular complexity index is 769. The van der Waals surface area contributed by atoms with Gasteiger partial charge in [0, 0.05) is 19.7 Å². The number of carbonyl (C=O) groups is 1. The highest BCUT2D eigenvalue weighted by atomic mass is 79.9. The van der Waals surface area contributed by atoms with Crippen LogP contribution in [0.4, 0.5) is 5.82 Å². The maximum absolute atomic E-state index is 12.2. The van der Waals surface area contributed by atoms with Crippen LogP contribution in [-0.4, -0.2) is 57.8 Å². The third kappa shape index (κ3) is 6.45. The van der Waals surface area contributed by atoms with Crippen LogP contribution in [0.2, 0.25) is 0 Å². The maximum Gasteiger partial charge on any atom is 0.360 e. The van der Waals surface area contributed by atoms with Crippen molar-refractivity contribution in [3.63, 3.8) is 0 Å². The first-order chi connectivity index (χ1) is 14.0. The van der Waals surface area contributed by atoms with E-state index in [1.165, 1.54) is 0 Å². The number of carbonyl (C=O) groups excluding carboxylic acids is 1. The van der Waals surface area contributed by atoms with Crippen molar-refractivity contribution in [2.75, 3.05) is 37.8 Å². The lowest BCUT2D eigenvalue weighted by atomic mass is 9.78. The second-order valence-electron chi connectivity index (χ2n) is 8.69. The second kappa shape index (κ2) is 10.5. The van der Waals surface area contributed by atoms with Gasteiger partial charge >= 0.3 is 5.97 Å². The standard InChI is InChI=1S/C16H22BrN3O3.C4H11NOS/c1-3-23-15(21)12-14(18-11(2)13(17)19-12)20-7-4-16(5-8-20)6-9-22-10-16;1-4(2,3)7(5)6/h3-10H2,1-2H3;5H2,1-3H3. The Labute approximate surface area is 190 Å². The topological polar surface area (TPSA) is 108 Å². The largest absolute Gasteiger partial charge is 0.461 e. The molecule has 0 aromatic carbocycles. The summed E-state index contributed by atoms with van der Waals surface area (Å²) in [6, 6.07) is 0. The molecule has 2 aliphatic rings. The number of hydrogen-bond donors (Lipinski definition) is 1. The van der Waals surface area contributed by atoms with Crippen LogP contribution in [0, 0.1) is 12.3 Å². The number of anilines is 1. The minimum Gasteiger partial charge on any atom is -0.461 e. The number of halogens is 1. The Hall–Kier alpha value is -1.10. The number of rotatable bonds is 3. The molecular weight excluding hydrogens is 472 g/mol. The molecule has 10 heteroatoms. The van der Waals surface area contributed by atoms with E-state index in [2.05, 4.69) is 30.8 Å². The lowest BCUT2D eigenvalue weighted by Crippen LogP contribution is -2.41. The van der Waals surface area contributed by atoms with Crippen LogP contribution in [0.3, 0.4) is 0 Å². The molecule has 0 bridgehead atoms. The van der Waals surface area contributed by atoms with E-state index in [-0.39, 0.29) is 4.75 Å². The van der Waals surface area contributed by atoms with E-state index in [1.54, 1.807) is 6.92 Å². The van der Waals surface area contributed by atoms with Gasteiger partial charge in [0.2, 0.25) is 0 Å². The number of aromatic nitrogens is 2. The number of nitrogens with two attached hydrogens (primary N) is 1. The summed E-state index contributed by atoms with van der Waals surface area (Å²) in [6.45, 7) is 13.0. The Morgan fingerprint density at radius 2 is 1.90 bits per heavy atom. The van der Waals surface area contributed by atoms with Crippen molar-refractivity contribution in [3.8, 4) is 0 Å². The zero-order valence-corrected chi connectivity index (χ0v) is 20.9. The van der Waals surface area contributed by atoms with Gasteiger partial charge in [-0.05, 0) is 75.2 Å². The van der Waals surface area contributed by atoms with Crippen molar-refractivity contribution in [2.24, 2.45) is 10.6 Å². The molecule has 2 aliphatic heterocycles. The smallest absolute Gasteiger partial charge is 0.360 e. The minimum atomic E-state index is -1.18. The van der Waals surface area contributed by atoms with Crippen LogP contribution in [-0.2, 0) is 20.5 Å². The Kier molecular flexibility index (Phi) is 8.79. The fourth-order valence-electron chi connectivity index (χ4n) is 3.28. The number of piperidine rings is 1. The van der Waals surface area contributed by atoms with Crippen LogP contribution in [0.25, 0.3) is 0 Å². The molecule has 0 saturated carbocycles. The van der Waals surface area contributed by atoms with Crippen LogP contribution < -0.4 is 10.0 Å². The zero-order valence-electron chi connectivity index (χ0n) is 18.5. The van der Waals surface area contributed by atoms with Crippen molar-refractivity contribution in [1.29, 1.82) is 0 Å². The third-order valence-electron chi connectivity index (χ3n) is 5.37. The lowest BCUT2D eigenvalue weighted by Gasteiger charge is -2.39. The number of ether oxygens (including phenoxy) is 2. The third-order valence-corrected chi connectivity index (χ3v) is 7.33. The molecule has 2 N–H and O–H groups in total. The first-order valence-corrected chi connectivity index (χ1v) is 12.2. The van der Waals surface area contributed by atoms with E-state index in [0.717, 1.165) is 51.3 Å². The summed E-state index contributed by atoms with van der Waals surface area (Å²) in [5, 5.41) is 5.04. The quantitative estimate of drug-likeness (QED) is 0.629. The Morgan fingerprint density at radius 1 is 1.30 bits per heavy atom. The summed E-state index contributed by atoms with van der Waals surface area (Å²) in [6.07, 6.45) is 3.26. The van der Waals surface area contributed by atoms with E-state index in [4.69, 9.17) is 14.6 Å². The van der Waals surface area contributed by atoms with Crippen molar-refractivity contribution >= 4 is 38.7 Å². The Morgan fingerprint density at radius 3 is 2.37 bits per heavy atom. The number of nitrogens with zero attached hydrogens (tertiary/aromatic N) is 3. The normalized spacial score (nSPS) is 19.2. The summed E-state index contributed by atoms with van der Waals surface area (Å²) in [5.74, 6) is 0.220. The zero-order chi connectivity index (χ0) is 22.5. The minimum absolute atomic E-state index is 0.250. The number of hydrogen-bond acceptors (Lipinski definition) is 7. The predicted octanol–water partition coefficient (Wildman–Crippen LogP) is 3.14. The molecule has 3 heterocycles. The molecule has 0 amide bonds. The van der Waals surface area contributed by atoms with E-state index in [9.17, 15) is 9.00 Å². The SMILES string of the molecule is CC(C)(C)S(N)=O.CCOC(=O)c1nc(Br)c(C)nc1N1CCC2(CCOC2)CC1. The van der Waals surface area contributed by atoms with Gasteiger partial charge in [0.05, 0.1) is 34.6 Å². The van der Waals surface area contributed by atoms with Crippen LogP contribution in [0.15, 0.2) is 4.60 Å². The van der Waals surface area contributed by atoms with Crippen molar-refractivity contribution in [2.45, 2.75) is 58.6 Å². The molecule has 0 radical (unpaired) electrons. The van der Waals surface area contributed by atoms with Gasteiger partial charge in [-0.3, -0.25) is 5.14 Å². The molecule has 0 aliphatic carbocycles. The molecule has 1 aromatic rings. The van der Waals surface area contributed by atoms with Crippen LogP contribution in [0.5, 0.6) is 0 Å². The van der Waals surface area contributed by atoms with E-state index in [0.29, 0.717) is 28.1 Å². The molecule has 2 fully saturated rings. The average molecular weight is 505 g/mol. The van der Waals surface area contributed by atoms with Crippen LogP contribution in [0.1, 0.15) is 63.1 Å². The number of aryl methyl sites for hydroxylation is 1. The highest BCUT2D eigenvalue weighted by molar-refractivity contribution is 9.10. The number of esters is 1. The summed E-state index contributed by atoms with van der Waals surface area (Å²) < 4.78 is 21.4. The predicted molar refractivity (Wildman–Crippen MR) is 122 cm³/mol. The van der Waals surface area contributed by atoms with E-state index < -0.39 is 17.0 Å².